The molecule has 0 spiro atoms. The Balaban J connectivity index is 3.10. The maximum absolute atomic E-state index is 12.0. The van der Waals surface area contributed by atoms with E-state index in [0.717, 1.165) is 4.68 Å². The molecule has 0 fully saturated rings. The van der Waals surface area contributed by atoms with E-state index in [1.54, 1.807) is 0 Å². The summed E-state index contributed by atoms with van der Waals surface area (Å²) in [6.07, 6.45) is -1.34. The van der Waals surface area contributed by atoms with E-state index in [0.29, 0.717) is 0 Å². The van der Waals surface area contributed by atoms with Gasteiger partial charge in [0.05, 0.1) is 11.9 Å². The Labute approximate surface area is 56.4 Å². The van der Waals surface area contributed by atoms with Crippen LogP contribution in [0.1, 0.15) is 12.1 Å². The van der Waals surface area contributed by atoms with E-state index in [-0.39, 0.29) is 11.4 Å². The lowest BCUT2D eigenvalue weighted by molar-refractivity contribution is 0.141. The van der Waals surface area contributed by atoms with Crippen LogP contribution in [0.25, 0.3) is 0 Å². The monoisotopic (exact) mass is 147 g/mol. The molecule has 2 N–H and O–H groups in total. The minimum atomic E-state index is -2.55. The van der Waals surface area contributed by atoms with Gasteiger partial charge in [-0.05, 0) is 0 Å². The fourth-order valence-electron chi connectivity index (χ4n) is 0.731. The van der Waals surface area contributed by atoms with Crippen LogP contribution in [-0.2, 0) is 7.05 Å². The van der Waals surface area contributed by atoms with Crippen LogP contribution >= 0.6 is 0 Å². The molecule has 0 unspecified atom stereocenters. The molecule has 10 heavy (non-hydrogen) atoms. The Kier molecular flexibility index (Phi) is 1.57. The van der Waals surface area contributed by atoms with Gasteiger partial charge < -0.3 is 5.73 Å². The molecule has 0 bridgehead atoms. The summed E-state index contributed by atoms with van der Waals surface area (Å²) in [7, 11) is 1.43. The first-order chi connectivity index (χ1) is 4.63. The second-order valence-electron chi connectivity index (χ2n) is 1.91. The Morgan fingerprint density at radius 3 is 2.50 bits per heavy atom. The van der Waals surface area contributed by atoms with Crippen molar-refractivity contribution >= 4 is 5.69 Å². The first-order valence-corrected chi connectivity index (χ1v) is 2.68. The minimum absolute atomic E-state index is 0.0394. The molecule has 0 saturated carbocycles. The van der Waals surface area contributed by atoms with E-state index in [9.17, 15) is 8.78 Å². The van der Waals surface area contributed by atoms with Crippen LogP contribution in [0.5, 0.6) is 0 Å². The summed E-state index contributed by atoms with van der Waals surface area (Å²) in [5.41, 5.74) is 5.00. The van der Waals surface area contributed by atoms with Gasteiger partial charge in [-0.1, -0.05) is 0 Å². The summed E-state index contributed by atoms with van der Waals surface area (Å²) in [6, 6.07) is 0. The van der Waals surface area contributed by atoms with Crippen LogP contribution in [-0.4, -0.2) is 9.78 Å². The molecule has 56 valence electrons. The number of aromatic nitrogens is 2. The van der Waals surface area contributed by atoms with E-state index in [1.165, 1.54) is 13.2 Å². The van der Waals surface area contributed by atoms with Crippen molar-refractivity contribution in [2.45, 2.75) is 6.43 Å². The third-order valence-corrected chi connectivity index (χ3v) is 1.22. The zero-order valence-electron chi connectivity index (χ0n) is 5.38. The predicted molar refractivity (Wildman–Crippen MR) is 32.6 cm³/mol. The topological polar surface area (TPSA) is 43.8 Å². The Bertz CT molecular complexity index is 211. The van der Waals surface area contributed by atoms with Crippen molar-refractivity contribution < 1.29 is 8.78 Å². The van der Waals surface area contributed by atoms with Crippen LogP contribution in [0.2, 0.25) is 0 Å². The molecule has 1 heterocycles. The molecule has 0 aliphatic carbocycles. The number of nitrogen functional groups attached to an aromatic ring is 1. The Morgan fingerprint density at radius 1 is 1.70 bits per heavy atom. The van der Waals surface area contributed by atoms with Gasteiger partial charge in [0.2, 0.25) is 0 Å². The van der Waals surface area contributed by atoms with Gasteiger partial charge in [0, 0.05) is 7.05 Å². The van der Waals surface area contributed by atoms with E-state index in [2.05, 4.69) is 5.10 Å². The average Bonchev–Trinajstić information content (AvgIpc) is 2.11. The van der Waals surface area contributed by atoms with Gasteiger partial charge in [0.15, 0.2) is 0 Å². The van der Waals surface area contributed by atoms with Crippen molar-refractivity contribution in [3.05, 3.63) is 11.9 Å². The molecule has 0 radical (unpaired) electrons. The molecule has 0 aliphatic heterocycles. The molecule has 0 aromatic carbocycles. The lowest BCUT2D eigenvalue weighted by Gasteiger charge is -1.99. The van der Waals surface area contributed by atoms with Gasteiger partial charge in [-0.3, -0.25) is 4.68 Å². The Morgan fingerprint density at radius 2 is 2.30 bits per heavy atom. The predicted octanol–water partition coefficient (Wildman–Crippen LogP) is 0.940. The molecule has 1 rings (SSSR count). The highest BCUT2D eigenvalue weighted by molar-refractivity contribution is 5.41. The standard InChI is InChI=1S/C5H7F2N3/c1-10-4(5(6)7)3(8)2-9-10/h2,5H,8H2,1H3. The summed E-state index contributed by atoms with van der Waals surface area (Å²) in [4.78, 5) is 0. The summed E-state index contributed by atoms with van der Waals surface area (Å²) < 4.78 is 25.0. The number of aryl methyl sites for hydroxylation is 1. The quantitative estimate of drug-likeness (QED) is 0.642. The second-order valence-corrected chi connectivity index (χ2v) is 1.91. The molecular formula is C5H7F2N3. The normalized spacial score (nSPS) is 10.8. The van der Waals surface area contributed by atoms with E-state index in [1.807, 2.05) is 0 Å². The molecule has 3 nitrogen and oxygen atoms in total. The molecule has 0 aliphatic rings. The summed E-state index contributed by atoms with van der Waals surface area (Å²) in [5.74, 6) is 0. The number of rotatable bonds is 1. The van der Waals surface area contributed by atoms with Gasteiger partial charge in [0.1, 0.15) is 5.69 Å². The van der Waals surface area contributed by atoms with Crippen molar-refractivity contribution in [1.82, 2.24) is 9.78 Å². The summed E-state index contributed by atoms with van der Waals surface area (Å²) in [6.45, 7) is 0. The van der Waals surface area contributed by atoms with E-state index >= 15 is 0 Å². The maximum atomic E-state index is 12.0. The van der Waals surface area contributed by atoms with Crippen molar-refractivity contribution in [3.8, 4) is 0 Å². The Hall–Kier alpha value is -1.13. The first-order valence-electron chi connectivity index (χ1n) is 2.68. The minimum Gasteiger partial charge on any atom is -0.396 e. The number of alkyl halides is 2. The van der Waals surface area contributed by atoms with Crippen molar-refractivity contribution in [3.63, 3.8) is 0 Å². The number of anilines is 1. The fraction of sp³-hybridized carbons (Fsp3) is 0.400. The number of nitrogens with two attached hydrogens (primary N) is 1. The summed E-state index contributed by atoms with van der Waals surface area (Å²) >= 11 is 0. The molecule has 1 aromatic heterocycles. The van der Waals surface area contributed by atoms with Crippen molar-refractivity contribution in [1.29, 1.82) is 0 Å². The SMILES string of the molecule is Cn1ncc(N)c1C(F)F. The molecule has 0 amide bonds. The number of halogens is 2. The van der Waals surface area contributed by atoms with E-state index in [4.69, 9.17) is 5.73 Å². The zero-order chi connectivity index (χ0) is 7.72. The highest BCUT2D eigenvalue weighted by Crippen LogP contribution is 2.22. The molecule has 0 atom stereocenters. The highest BCUT2D eigenvalue weighted by Gasteiger charge is 2.15. The molecular weight excluding hydrogens is 140 g/mol. The second kappa shape index (κ2) is 2.24. The van der Waals surface area contributed by atoms with Crippen molar-refractivity contribution in [2.24, 2.45) is 7.05 Å². The molecule has 0 saturated heterocycles. The van der Waals surface area contributed by atoms with Crippen LogP contribution in [0.3, 0.4) is 0 Å². The van der Waals surface area contributed by atoms with Gasteiger partial charge in [-0.2, -0.15) is 5.10 Å². The molecule has 5 heteroatoms. The summed E-state index contributed by atoms with van der Waals surface area (Å²) in [5, 5.41) is 3.55. The third kappa shape index (κ3) is 0.940. The van der Waals surface area contributed by atoms with E-state index < -0.39 is 6.43 Å². The van der Waals surface area contributed by atoms with Crippen LogP contribution in [0.4, 0.5) is 14.5 Å². The van der Waals surface area contributed by atoms with Gasteiger partial charge in [-0.25, -0.2) is 8.78 Å². The van der Waals surface area contributed by atoms with Gasteiger partial charge >= 0.3 is 0 Å². The lowest BCUT2D eigenvalue weighted by atomic mass is 10.4. The number of hydrogen-bond acceptors (Lipinski definition) is 2. The smallest absolute Gasteiger partial charge is 0.282 e. The number of nitrogens with zero attached hydrogens (tertiary/aromatic N) is 2. The maximum Gasteiger partial charge on any atom is 0.282 e. The number of hydrogen-bond donors (Lipinski definition) is 1. The van der Waals surface area contributed by atoms with Crippen molar-refractivity contribution in [2.75, 3.05) is 5.73 Å². The average molecular weight is 147 g/mol. The lowest BCUT2D eigenvalue weighted by Crippen LogP contribution is -2.00. The van der Waals surface area contributed by atoms with Gasteiger partial charge in [-0.15, -0.1) is 0 Å². The fourth-order valence-corrected chi connectivity index (χ4v) is 0.731. The van der Waals surface area contributed by atoms with Crippen LogP contribution in [0.15, 0.2) is 6.20 Å². The zero-order valence-corrected chi connectivity index (χ0v) is 5.38. The van der Waals surface area contributed by atoms with Crippen LogP contribution in [0, 0.1) is 0 Å². The largest absolute Gasteiger partial charge is 0.396 e. The molecule has 1 aromatic rings. The first kappa shape index (κ1) is 6.98. The third-order valence-electron chi connectivity index (χ3n) is 1.22. The highest BCUT2D eigenvalue weighted by atomic mass is 19.3. The van der Waals surface area contributed by atoms with Crippen LogP contribution < -0.4 is 5.73 Å². The van der Waals surface area contributed by atoms with Gasteiger partial charge in [0.25, 0.3) is 6.43 Å².